The molecular formula is C11H23NOSi. The molecule has 1 aliphatic carbocycles. The first-order valence-corrected chi connectivity index (χ1v) is 8.64. The zero-order chi connectivity index (χ0) is 10.0. The Morgan fingerprint density at radius 2 is 1.86 bits per heavy atom. The van der Waals surface area contributed by atoms with E-state index in [-0.39, 0.29) is 0 Å². The molecule has 1 heterocycles. The van der Waals surface area contributed by atoms with E-state index in [4.69, 9.17) is 4.43 Å². The van der Waals surface area contributed by atoms with Crippen LogP contribution in [0.2, 0.25) is 12.6 Å². The molecule has 2 fully saturated rings. The molecule has 2 rings (SSSR count). The molecule has 0 N–H and O–H groups in total. The molecule has 2 aliphatic rings. The van der Waals surface area contributed by atoms with E-state index >= 15 is 0 Å². The highest BCUT2D eigenvalue weighted by molar-refractivity contribution is 6.70. The summed E-state index contributed by atoms with van der Waals surface area (Å²) in [4.78, 5) is 0. The molecule has 1 atom stereocenters. The van der Waals surface area contributed by atoms with Crippen LogP contribution < -0.4 is 0 Å². The third-order valence-corrected chi connectivity index (χ3v) is 8.07. The van der Waals surface area contributed by atoms with Gasteiger partial charge in [-0.2, -0.15) is 0 Å². The van der Waals surface area contributed by atoms with Crippen LogP contribution in [0.15, 0.2) is 0 Å². The number of nitrogens with zero attached hydrogens (tertiary/aromatic N) is 1. The molecule has 14 heavy (non-hydrogen) atoms. The van der Waals surface area contributed by atoms with Gasteiger partial charge in [-0.25, -0.2) is 0 Å². The minimum absolute atomic E-state index is 0.864. The van der Waals surface area contributed by atoms with E-state index in [0.29, 0.717) is 0 Å². The Kier molecular flexibility index (Phi) is 3.29. The predicted molar refractivity (Wildman–Crippen MR) is 61.6 cm³/mol. The van der Waals surface area contributed by atoms with Crippen LogP contribution >= 0.6 is 0 Å². The lowest BCUT2D eigenvalue weighted by atomic mass is 9.95. The van der Waals surface area contributed by atoms with Crippen molar-refractivity contribution in [1.82, 2.24) is 4.57 Å². The van der Waals surface area contributed by atoms with Gasteiger partial charge in [-0.15, -0.1) is 0 Å². The van der Waals surface area contributed by atoms with Gasteiger partial charge in [-0.05, 0) is 38.4 Å². The van der Waals surface area contributed by atoms with Crippen molar-refractivity contribution in [2.75, 3.05) is 13.7 Å². The Hall–Kier alpha value is 0.137. The summed E-state index contributed by atoms with van der Waals surface area (Å²) in [5, 5.41) is 0. The van der Waals surface area contributed by atoms with E-state index in [1.165, 1.54) is 51.1 Å². The lowest BCUT2D eigenvalue weighted by molar-refractivity contribution is 0.219. The van der Waals surface area contributed by atoms with Crippen molar-refractivity contribution >= 4 is 8.48 Å². The molecule has 82 valence electrons. The zero-order valence-electron chi connectivity index (χ0n) is 9.59. The molecule has 0 spiro atoms. The SMILES string of the molecule is CO[Si]1(C)CCCN1C1CCCCC1. The topological polar surface area (TPSA) is 12.5 Å². The normalized spacial score (nSPS) is 36.4. The van der Waals surface area contributed by atoms with E-state index in [0.717, 1.165) is 6.04 Å². The van der Waals surface area contributed by atoms with Crippen LogP contribution in [0.1, 0.15) is 38.5 Å². The molecule has 0 aromatic rings. The van der Waals surface area contributed by atoms with Crippen molar-refractivity contribution in [1.29, 1.82) is 0 Å². The highest BCUT2D eigenvalue weighted by Crippen LogP contribution is 2.33. The molecule has 1 saturated heterocycles. The zero-order valence-corrected chi connectivity index (χ0v) is 10.6. The van der Waals surface area contributed by atoms with Gasteiger partial charge in [0.05, 0.1) is 0 Å². The average Bonchev–Trinajstić information content (AvgIpc) is 2.63. The number of hydrogen-bond donors (Lipinski definition) is 0. The summed E-state index contributed by atoms with van der Waals surface area (Å²) in [6, 6.07) is 2.21. The van der Waals surface area contributed by atoms with Crippen molar-refractivity contribution in [3.05, 3.63) is 0 Å². The van der Waals surface area contributed by atoms with Gasteiger partial charge in [0.25, 0.3) is 8.48 Å². The third-order valence-electron chi connectivity index (χ3n) is 4.10. The van der Waals surface area contributed by atoms with Crippen molar-refractivity contribution in [3.63, 3.8) is 0 Å². The molecule has 0 radical (unpaired) electrons. The van der Waals surface area contributed by atoms with Gasteiger partial charge in [0.2, 0.25) is 0 Å². The molecule has 0 aromatic carbocycles. The van der Waals surface area contributed by atoms with Crippen molar-refractivity contribution in [2.45, 2.75) is 57.2 Å². The van der Waals surface area contributed by atoms with Crippen LogP contribution in [0.25, 0.3) is 0 Å². The van der Waals surface area contributed by atoms with Crippen LogP contribution in [-0.2, 0) is 4.43 Å². The third kappa shape index (κ3) is 1.90. The maximum Gasteiger partial charge on any atom is 0.268 e. The van der Waals surface area contributed by atoms with Gasteiger partial charge in [0.1, 0.15) is 0 Å². The molecule has 3 heteroatoms. The molecule has 1 unspecified atom stereocenters. The summed E-state index contributed by atoms with van der Waals surface area (Å²) in [7, 11) is 0.480. The Labute approximate surface area is 88.8 Å². The first-order chi connectivity index (χ1) is 6.76. The highest BCUT2D eigenvalue weighted by Gasteiger charge is 2.43. The van der Waals surface area contributed by atoms with Gasteiger partial charge in [-0.1, -0.05) is 19.3 Å². The van der Waals surface area contributed by atoms with E-state index in [1.54, 1.807) is 0 Å². The fourth-order valence-electron chi connectivity index (χ4n) is 3.14. The second-order valence-electron chi connectivity index (χ2n) is 4.97. The standard InChI is InChI=1S/C11H23NOSi/c1-13-14(2)10-6-9-12(14)11-7-4-3-5-8-11/h11H,3-10H2,1-2H3. The summed E-state index contributed by atoms with van der Waals surface area (Å²) >= 11 is 0. The van der Waals surface area contributed by atoms with Crippen molar-refractivity contribution < 1.29 is 4.43 Å². The summed E-state index contributed by atoms with van der Waals surface area (Å²) in [5.41, 5.74) is 0. The Morgan fingerprint density at radius 3 is 2.50 bits per heavy atom. The molecule has 2 nitrogen and oxygen atoms in total. The number of rotatable bonds is 2. The monoisotopic (exact) mass is 213 g/mol. The van der Waals surface area contributed by atoms with Crippen LogP contribution in [0, 0.1) is 0 Å². The van der Waals surface area contributed by atoms with E-state index in [1.807, 2.05) is 7.11 Å². The predicted octanol–water partition coefficient (Wildman–Crippen LogP) is 2.74. The van der Waals surface area contributed by atoms with Crippen molar-refractivity contribution in [2.24, 2.45) is 0 Å². The largest absolute Gasteiger partial charge is 0.406 e. The maximum atomic E-state index is 5.83. The lowest BCUT2D eigenvalue weighted by Gasteiger charge is -2.39. The van der Waals surface area contributed by atoms with Gasteiger partial charge in [0.15, 0.2) is 0 Å². The lowest BCUT2D eigenvalue weighted by Crippen LogP contribution is -2.53. The molecule has 1 saturated carbocycles. The molecule has 0 amide bonds. The van der Waals surface area contributed by atoms with Crippen LogP contribution in [0.3, 0.4) is 0 Å². The molecular weight excluding hydrogens is 190 g/mol. The van der Waals surface area contributed by atoms with Gasteiger partial charge < -0.3 is 4.43 Å². The first-order valence-electron chi connectivity index (χ1n) is 6.08. The van der Waals surface area contributed by atoms with Crippen LogP contribution in [-0.4, -0.2) is 32.7 Å². The minimum Gasteiger partial charge on any atom is -0.406 e. The summed E-state index contributed by atoms with van der Waals surface area (Å²) in [6.07, 6.45) is 8.55. The second kappa shape index (κ2) is 4.33. The van der Waals surface area contributed by atoms with Crippen molar-refractivity contribution in [3.8, 4) is 0 Å². The second-order valence-corrected chi connectivity index (χ2v) is 8.80. The fourth-order valence-corrected chi connectivity index (χ4v) is 6.34. The van der Waals surface area contributed by atoms with E-state index < -0.39 is 8.48 Å². The molecule has 0 aromatic heterocycles. The first kappa shape index (κ1) is 10.6. The molecule has 0 bridgehead atoms. The van der Waals surface area contributed by atoms with Crippen LogP contribution in [0.5, 0.6) is 0 Å². The Morgan fingerprint density at radius 1 is 1.14 bits per heavy atom. The number of hydrogen-bond acceptors (Lipinski definition) is 2. The van der Waals surface area contributed by atoms with E-state index in [2.05, 4.69) is 11.1 Å². The maximum absolute atomic E-state index is 5.83. The fraction of sp³-hybridized carbons (Fsp3) is 1.00. The van der Waals surface area contributed by atoms with Gasteiger partial charge in [-0.3, -0.25) is 4.57 Å². The van der Waals surface area contributed by atoms with Crippen LogP contribution in [0.4, 0.5) is 0 Å². The van der Waals surface area contributed by atoms with Gasteiger partial charge in [0, 0.05) is 13.2 Å². The quantitative estimate of drug-likeness (QED) is 0.654. The summed E-state index contributed by atoms with van der Waals surface area (Å²) < 4.78 is 8.59. The Balaban J connectivity index is 2.01. The van der Waals surface area contributed by atoms with Gasteiger partial charge >= 0.3 is 0 Å². The van der Waals surface area contributed by atoms with E-state index in [9.17, 15) is 0 Å². The minimum atomic E-state index is -1.44. The molecule has 1 aliphatic heterocycles. The average molecular weight is 213 g/mol. The highest BCUT2D eigenvalue weighted by atomic mass is 28.4. The summed E-state index contributed by atoms with van der Waals surface area (Å²) in [6.45, 7) is 3.70. The smallest absolute Gasteiger partial charge is 0.268 e. The Bertz CT molecular complexity index is 194. The summed E-state index contributed by atoms with van der Waals surface area (Å²) in [5.74, 6) is 0.